The predicted octanol–water partition coefficient (Wildman–Crippen LogP) is 3.52. The molecule has 0 radical (unpaired) electrons. The van der Waals surface area contributed by atoms with Gasteiger partial charge >= 0.3 is 0 Å². The average Bonchev–Trinajstić information content (AvgIpc) is 2.26. The summed E-state index contributed by atoms with van der Waals surface area (Å²) in [6.07, 6.45) is 6.80. The van der Waals surface area contributed by atoms with Crippen LogP contribution in [0.3, 0.4) is 0 Å². The Morgan fingerprint density at radius 2 is 1.67 bits per heavy atom. The first kappa shape index (κ1) is 16.0. The Labute approximate surface area is 115 Å². The minimum absolute atomic E-state index is 0.501. The maximum Gasteiger partial charge on any atom is 0.00697 e. The van der Waals surface area contributed by atoms with E-state index in [-0.39, 0.29) is 0 Å². The Bertz CT molecular complexity index is 222. The van der Waals surface area contributed by atoms with Gasteiger partial charge in [0.25, 0.3) is 0 Å². The second-order valence-electron chi connectivity index (χ2n) is 7.57. The summed E-state index contributed by atoms with van der Waals surface area (Å²) in [5.41, 5.74) is 0.501. The molecule has 0 saturated heterocycles. The van der Waals surface area contributed by atoms with Gasteiger partial charge in [0.2, 0.25) is 0 Å². The van der Waals surface area contributed by atoms with E-state index in [1.165, 1.54) is 38.6 Å². The highest BCUT2D eigenvalue weighted by molar-refractivity contribution is 4.84. The van der Waals surface area contributed by atoms with Gasteiger partial charge in [-0.1, -0.05) is 20.8 Å². The zero-order valence-electron chi connectivity index (χ0n) is 13.4. The Kier molecular flexibility index (Phi) is 6.13. The van der Waals surface area contributed by atoms with Crippen molar-refractivity contribution in [3.05, 3.63) is 0 Å². The molecule has 1 unspecified atom stereocenters. The standard InChI is InChI=1S/C16H34N2/c1-13(11-12-18(5)6)17-15-9-7-14(8-10-15)16(2,3)4/h13-15,17H,7-12H2,1-6H3. The zero-order valence-corrected chi connectivity index (χ0v) is 13.4. The molecule has 1 N–H and O–H groups in total. The van der Waals surface area contributed by atoms with Crippen LogP contribution in [0.5, 0.6) is 0 Å². The lowest BCUT2D eigenvalue weighted by Gasteiger charge is -2.38. The molecule has 2 heteroatoms. The van der Waals surface area contributed by atoms with Crippen LogP contribution in [0, 0.1) is 11.3 Å². The van der Waals surface area contributed by atoms with Crippen LogP contribution in [0.15, 0.2) is 0 Å². The molecule has 1 aliphatic carbocycles. The summed E-state index contributed by atoms with van der Waals surface area (Å²) in [7, 11) is 4.31. The number of nitrogens with zero attached hydrogens (tertiary/aromatic N) is 1. The summed E-state index contributed by atoms with van der Waals surface area (Å²) in [6.45, 7) is 10.7. The molecule has 1 saturated carbocycles. The van der Waals surface area contributed by atoms with Gasteiger partial charge in [-0.25, -0.2) is 0 Å². The van der Waals surface area contributed by atoms with E-state index < -0.39 is 0 Å². The molecular formula is C16H34N2. The fourth-order valence-electron chi connectivity index (χ4n) is 3.06. The summed E-state index contributed by atoms with van der Waals surface area (Å²) >= 11 is 0. The Morgan fingerprint density at radius 1 is 1.11 bits per heavy atom. The topological polar surface area (TPSA) is 15.3 Å². The van der Waals surface area contributed by atoms with Gasteiger partial charge < -0.3 is 10.2 Å². The number of hydrogen-bond acceptors (Lipinski definition) is 2. The van der Waals surface area contributed by atoms with Crippen LogP contribution in [0.2, 0.25) is 0 Å². The molecule has 1 aliphatic rings. The van der Waals surface area contributed by atoms with Crippen LogP contribution < -0.4 is 5.32 Å². The largest absolute Gasteiger partial charge is 0.311 e. The molecule has 0 aromatic heterocycles. The SMILES string of the molecule is CC(CCN(C)C)NC1CCC(C(C)(C)C)CC1. The average molecular weight is 254 g/mol. The first-order chi connectivity index (χ1) is 8.29. The van der Waals surface area contributed by atoms with E-state index in [2.05, 4.69) is 52.0 Å². The van der Waals surface area contributed by atoms with Crippen LogP contribution in [0.1, 0.15) is 59.8 Å². The van der Waals surface area contributed by atoms with Crippen molar-refractivity contribution in [1.82, 2.24) is 10.2 Å². The van der Waals surface area contributed by atoms with Crippen LogP contribution in [-0.2, 0) is 0 Å². The van der Waals surface area contributed by atoms with Gasteiger partial charge in [0, 0.05) is 12.1 Å². The van der Waals surface area contributed by atoms with Crippen molar-refractivity contribution in [2.24, 2.45) is 11.3 Å². The third kappa shape index (κ3) is 5.71. The molecule has 0 heterocycles. The lowest BCUT2D eigenvalue weighted by Crippen LogP contribution is -2.41. The first-order valence-corrected chi connectivity index (χ1v) is 7.70. The summed E-state index contributed by atoms with van der Waals surface area (Å²) in [4.78, 5) is 2.27. The van der Waals surface area contributed by atoms with Gasteiger partial charge in [-0.05, 0) is 71.0 Å². The first-order valence-electron chi connectivity index (χ1n) is 7.70. The smallest absolute Gasteiger partial charge is 0.00697 e. The molecule has 0 bridgehead atoms. The Morgan fingerprint density at radius 3 is 2.11 bits per heavy atom. The van der Waals surface area contributed by atoms with Crippen molar-refractivity contribution in [2.75, 3.05) is 20.6 Å². The maximum absolute atomic E-state index is 3.82. The van der Waals surface area contributed by atoms with E-state index in [9.17, 15) is 0 Å². The summed E-state index contributed by atoms with van der Waals surface area (Å²) in [6, 6.07) is 1.42. The van der Waals surface area contributed by atoms with Crippen molar-refractivity contribution in [1.29, 1.82) is 0 Å². The third-order valence-electron chi connectivity index (χ3n) is 4.48. The maximum atomic E-state index is 3.82. The molecule has 0 aliphatic heterocycles. The highest BCUT2D eigenvalue weighted by Gasteiger charge is 2.29. The Balaban J connectivity index is 2.23. The van der Waals surface area contributed by atoms with E-state index in [0.717, 1.165) is 12.0 Å². The lowest BCUT2D eigenvalue weighted by molar-refractivity contribution is 0.155. The van der Waals surface area contributed by atoms with Gasteiger partial charge in [-0.2, -0.15) is 0 Å². The van der Waals surface area contributed by atoms with E-state index >= 15 is 0 Å². The molecule has 0 aromatic rings. The highest BCUT2D eigenvalue weighted by atomic mass is 15.1. The van der Waals surface area contributed by atoms with Crippen molar-refractivity contribution in [2.45, 2.75) is 71.9 Å². The second-order valence-corrected chi connectivity index (χ2v) is 7.57. The van der Waals surface area contributed by atoms with Gasteiger partial charge in [0.15, 0.2) is 0 Å². The van der Waals surface area contributed by atoms with E-state index in [4.69, 9.17) is 0 Å². The van der Waals surface area contributed by atoms with Crippen molar-refractivity contribution >= 4 is 0 Å². The molecule has 2 nitrogen and oxygen atoms in total. The predicted molar refractivity (Wildman–Crippen MR) is 81.0 cm³/mol. The zero-order chi connectivity index (χ0) is 13.8. The number of nitrogens with one attached hydrogen (secondary N) is 1. The molecule has 0 amide bonds. The quantitative estimate of drug-likeness (QED) is 0.807. The molecule has 1 fully saturated rings. The van der Waals surface area contributed by atoms with Crippen molar-refractivity contribution in [3.63, 3.8) is 0 Å². The fraction of sp³-hybridized carbons (Fsp3) is 1.00. The summed E-state index contributed by atoms with van der Waals surface area (Å²) in [5.74, 6) is 0.924. The van der Waals surface area contributed by atoms with Gasteiger partial charge in [0.05, 0.1) is 0 Å². The van der Waals surface area contributed by atoms with Crippen LogP contribution in [0.4, 0.5) is 0 Å². The monoisotopic (exact) mass is 254 g/mol. The highest BCUT2D eigenvalue weighted by Crippen LogP contribution is 2.37. The van der Waals surface area contributed by atoms with Crippen LogP contribution in [0.25, 0.3) is 0 Å². The third-order valence-corrected chi connectivity index (χ3v) is 4.48. The normalized spacial score (nSPS) is 27.5. The Hall–Kier alpha value is -0.0800. The molecular weight excluding hydrogens is 220 g/mol. The van der Waals surface area contributed by atoms with Crippen LogP contribution in [-0.4, -0.2) is 37.6 Å². The molecule has 1 rings (SSSR count). The number of rotatable bonds is 5. The second kappa shape index (κ2) is 6.91. The summed E-state index contributed by atoms with van der Waals surface area (Å²) < 4.78 is 0. The minimum atomic E-state index is 0.501. The van der Waals surface area contributed by atoms with Crippen LogP contribution >= 0.6 is 0 Å². The minimum Gasteiger partial charge on any atom is -0.311 e. The molecule has 108 valence electrons. The van der Waals surface area contributed by atoms with Gasteiger partial charge in [-0.3, -0.25) is 0 Å². The van der Waals surface area contributed by atoms with E-state index in [1.54, 1.807) is 0 Å². The van der Waals surface area contributed by atoms with Crippen molar-refractivity contribution < 1.29 is 0 Å². The molecule has 0 spiro atoms. The summed E-state index contributed by atoms with van der Waals surface area (Å²) in [5, 5.41) is 3.82. The van der Waals surface area contributed by atoms with Crippen molar-refractivity contribution in [3.8, 4) is 0 Å². The molecule has 1 atom stereocenters. The van der Waals surface area contributed by atoms with Gasteiger partial charge in [0.1, 0.15) is 0 Å². The van der Waals surface area contributed by atoms with E-state index in [0.29, 0.717) is 11.5 Å². The molecule has 18 heavy (non-hydrogen) atoms. The molecule has 0 aromatic carbocycles. The number of hydrogen-bond donors (Lipinski definition) is 1. The van der Waals surface area contributed by atoms with E-state index in [1.807, 2.05) is 0 Å². The lowest BCUT2D eigenvalue weighted by atomic mass is 9.71. The fourth-order valence-corrected chi connectivity index (χ4v) is 3.06. The van der Waals surface area contributed by atoms with Gasteiger partial charge in [-0.15, -0.1) is 0 Å².